The first-order valence-corrected chi connectivity index (χ1v) is 6.57. The summed E-state index contributed by atoms with van der Waals surface area (Å²) in [6, 6.07) is 7.10. The summed E-state index contributed by atoms with van der Waals surface area (Å²) in [7, 11) is -3.08. The number of benzene rings is 1. The SMILES string of the molecule is NCCN1CCS(=O)(=O)c2ccccc21. The number of sulfone groups is 1. The maximum Gasteiger partial charge on any atom is 0.182 e. The van der Waals surface area contributed by atoms with Crippen molar-refractivity contribution in [3.05, 3.63) is 24.3 Å². The van der Waals surface area contributed by atoms with Gasteiger partial charge in [-0.3, -0.25) is 0 Å². The fraction of sp³-hybridized carbons (Fsp3) is 0.400. The van der Waals surface area contributed by atoms with Crippen molar-refractivity contribution in [2.75, 3.05) is 30.3 Å². The molecular weight excluding hydrogens is 212 g/mol. The third kappa shape index (κ3) is 1.85. The number of para-hydroxylation sites is 1. The van der Waals surface area contributed by atoms with E-state index in [1.54, 1.807) is 12.1 Å². The largest absolute Gasteiger partial charge is 0.368 e. The van der Waals surface area contributed by atoms with Crippen molar-refractivity contribution in [3.8, 4) is 0 Å². The molecule has 0 saturated carbocycles. The molecule has 1 aromatic rings. The van der Waals surface area contributed by atoms with E-state index in [0.29, 0.717) is 24.5 Å². The van der Waals surface area contributed by atoms with Crippen LogP contribution < -0.4 is 10.6 Å². The zero-order valence-corrected chi connectivity index (χ0v) is 9.20. The first-order valence-electron chi connectivity index (χ1n) is 4.92. The van der Waals surface area contributed by atoms with Crippen LogP contribution in [0.3, 0.4) is 0 Å². The van der Waals surface area contributed by atoms with Gasteiger partial charge in [-0.05, 0) is 12.1 Å². The Morgan fingerprint density at radius 1 is 1.33 bits per heavy atom. The summed E-state index contributed by atoms with van der Waals surface area (Å²) in [6.07, 6.45) is 0. The molecule has 1 aromatic carbocycles. The number of nitrogens with zero attached hydrogens (tertiary/aromatic N) is 1. The van der Waals surface area contributed by atoms with Crippen molar-refractivity contribution >= 4 is 15.5 Å². The minimum Gasteiger partial charge on any atom is -0.368 e. The number of nitrogens with two attached hydrogens (primary N) is 1. The van der Waals surface area contributed by atoms with Gasteiger partial charge in [0.2, 0.25) is 0 Å². The zero-order valence-electron chi connectivity index (χ0n) is 8.39. The lowest BCUT2D eigenvalue weighted by atomic mass is 10.3. The van der Waals surface area contributed by atoms with Crippen LogP contribution in [0.15, 0.2) is 29.2 Å². The highest BCUT2D eigenvalue weighted by atomic mass is 32.2. The third-order valence-electron chi connectivity index (χ3n) is 2.57. The molecule has 0 bridgehead atoms. The molecule has 1 aliphatic rings. The molecule has 0 aromatic heterocycles. The minimum atomic E-state index is -3.08. The van der Waals surface area contributed by atoms with E-state index in [-0.39, 0.29) is 5.75 Å². The fourth-order valence-corrected chi connectivity index (χ4v) is 3.31. The molecule has 0 atom stereocenters. The lowest BCUT2D eigenvalue weighted by Gasteiger charge is -2.30. The molecule has 0 fully saturated rings. The van der Waals surface area contributed by atoms with Gasteiger partial charge in [-0.25, -0.2) is 8.42 Å². The van der Waals surface area contributed by atoms with Gasteiger partial charge in [0, 0.05) is 19.6 Å². The first-order chi connectivity index (χ1) is 7.15. The maximum absolute atomic E-state index is 11.8. The number of fused-ring (bicyclic) bond motifs is 1. The van der Waals surface area contributed by atoms with Crippen LogP contribution in [0.2, 0.25) is 0 Å². The van der Waals surface area contributed by atoms with Crippen LogP contribution in [0.5, 0.6) is 0 Å². The molecule has 0 unspecified atom stereocenters. The molecule has 2 rings (SSSR count). The van der Waals surface area contributed by atoms with Crippen molar-refractivity contribution in [2.45, 2.75) is 4.90 Å². The van der Waals surface area contributed by atoms with Crippen LogP contribution >= 0.6 is 0 Å². The van der Waals surface area contributed by atoms with Gasteiger partial charge >= 0.3 is 0 Å². The van der Waals surface area contributed by atoms with E-state index in [9.17, 15) is 8.42 Å². The summed E-state index contributed by atoms with van der Waals surface area (Å²) in [5.74, 6) is 0.185. The summed E-state index contributed by atoms with van der Waals surface area (Å²) in [4.78, 5) is 2.46. The van der Waals surface area contributed by atoms with E-state index in [1.807, 2.05) is 17.0 Å². The van der Waals surface area contributed by atoms with E-state index in [2.05, 4.69) is 0 Å². The van der Waals surface area contributed by atoms with Crippen LogP contribution in [-0.4, -0.2) is 33.8 Å². The summed E-state index contributed by atoms with van der Waals surface area (Å²) in [6.45, 7) is 1.78. The molecule has 0 saturated heterocycles. The predicted molar refractivity (Wildman–Crippen MR) is 59.8 cm³/mol. The maximum atomic E-state index is 11.8. The van der Waals surface area contributed by atoms with E-state index in [4.69, 9.17) is 5.73 Å². The molecule has 4 nitrogen and oxygen atoms in total. The van der Waals surface area contributed by atoms with Crippen LogP contribution in [0.25, 0.3) is 0 Å². The van der Waals surface area contributed by atoms with Gasteiger partial charge in [0.05, 0.1) is 16.3 Å². The van der Waals surface area contributed by atoms with E-state index < -0.39 is 9.84 Å². The summed E-state index contributed by atoms with van der Waals surface area (Å²) < 4.78 is 23.5. The molecule has 0 spiro atoms. The summed E-state index contributed by atoms with van der Waals surface area (Å²) in [5, 5.41) is 0. The summed E-state index contributed by atoms with van der Waals surface area (Å²) >= 11 is 0. The zero-order chi connectivity index (χ0) is 10.9. The Morgan fingerprint density at radius 2 is 2.07 bits per heavy atom. The molecule has 0 radical (unpaired) electrons. The number of anilines is 1. The van der Waals surface area contributed by atoms with E-state index >= 15 is 0 Å². The second kappa shape index (κ2) is 3.83. The molecule has 1 aliphatic heterocycles. The fourth-order valence-electron chi connectivity index (χ4n) is 1.83. The lowest BCUT2D eigenvalue weighted by molar-refractivity contribution is 0.589. The molecule has 5 heteroatoms. The summed E-state index contributed by atoms with van der Waals surface area (Å²) in [5.41, 5.74) is 6.28. The van der Waals surface area contributed by atoms with Crippen molar-refractivity contribution < 1.29 is 8.42 Å². The highest BCUT2D eigenvalue weighted by molar-refractivity contribution is 7.91. The number of rotatable bonds is 2. The number of hydrogen-bond donors (Lipinski definition) is 1. The van der Waals surface area contributed by atoms with Crippen molar-refractivity contribution in [1.29, 1.82) is 0 Å². The average Bonchev–Trinajstić information content (AvgIpc) is 2.23. The van der Waals surface area contributed by atoms with Crippen LogP contribution in [0.4, 0.5) is 5.69 Å². The van der Waals surface area contributed by atoms with Crippen molar-refractivity contribution in [2.24, 2.45) is 5.73 Å². The van der Waals surface area contributed by atoms with Crippen molar-refractivity contribution in [3.63, 3.8) is 0 Å². The van der Waals surface area contributed by atoms with Gasteiger partial charge in [0.25, 0.3) is 0 Å². The Morgan fingerprint density at radius 3 is 2.80 bits per heavy atom. The predicted octanol–water partition coefficient (Wildman–Crippen LogP) is 0.239. The van der Waals surface area contributed by atoms with Crippen LogP contribution in [-0.2, 0) is 9.84 Å². The quantitative estimate of drug-likeness (QED) is 0.784. The van der Waals surface area contributed by atoms with Crippen molar-refractivity contribution in [1.82, 2.24) is 0 Å². The second-order valence-electron chi connectivity index (χ2n) is 3.56. The Hall–Kier alpha value is -1.07. The van der Waals surface area contributed by atoms with E-state index in [0.717, 1.165) is 5.69 Å². The standard InChI is InChI=1S/C10H14N2O2S/c11-5-6-12-7-8-15(13,14)10-4-2-1-3-9(10)12/h1-4H,5-8,11H2. The minimum absolute atomic E-state index is 0.185. The monoisotopic (exact) mass is 226 g/mol. The van der Waals surface area contributed by atoms with Gasteiger partial charge in [-0.2, -0.15) is 0 Å². The van der Waals surface area contributed by atoms with Gasteiger partial charge in [0.15, 0.2) is 9.84 Å². The first kappa shape index (κ1) is 10.4. The highest BCUT2D eigenvalue weighted by Gasteiger charge is 2.27. The Balaban J connectivity index is 2.49. The van der Waals surface area contributed by atoms with Gasteiger partial charge in [-0.1, -0.05) is 12.1 Å². The molecular formula is C10H14N2O2S. The second-order valence-corrected chi connectivity index (χ2v) is 5.64. The molecule has 1 heterocycles. The Labute approximate surface area is 89.6 Å². The van der Waals surface area contributed by atoms with Gasteiger partial charge in [-0.15, -0.1) is 0 Å². The van der Waals surface area contributed by atoms with Gasteiger partial charge < -0.3 is 10.6 Å². The van der Waals surface area contributed by atoms with Crippen LogP contribution in [0.1, 0.15) is 0 Å². The Bertz CT molecular complexity index is 456. The topological polar surface area (TPSA) is 63.4 Å². The van der Waals surface area contributed by atoms with E-state index in [1.165, 1.54) is 0 Å². The normalized spacial score (nSPS) is 18.6. The molecule has 0 amide bonds. The number of hydrogen-bond acceptors (Lipinski definition) is 4. The molecule has 2 N–H and O–H groups in total. The molecule has 82 valence electrons. The highest BCUT2D eigenvalue weighted by Crippen LogP contribution is 2.29. The van der Waals surface area contributed by atoms with Gasteiger partial charge in [0.1, 0.15) is 0 Å². The average molecular weight is 226 g/mol. The lowest BCUT2D eigenvalue weighted by Crippen LogP contribution is -2.38. The molecule has 0 aliphatic carbocycles. The Kier molecular flexibility index (Phi) is 2.67. The molecule has 15 heavy (non-hydrogen) atoms. The third-order valence-corrected chi connectivity index (χ3v) is 4.31. The smallest absolute Gasteiger partial charge is 0.182 e. The van der Waals surface area contributed by atoms with Crippen LogP contribution in [0, 0.1) is 0 Å².